The number of benzene rings is 1. The highest BCUT2D eigenvalue weighted by molar-refractivity contribution is 9.10. The minimum atomic E-state index is -1.03. The van der Waals surface area contributed by atoms with E-state index in [1.165, 1.54) is 6.07 Å². The Morgan fingerprint density at radius 1 is 1.54 bits per heavy atom. The molecule has 0 atom stereocenters. The molecule has 0 aliphatic heterocycles. The Morgan fingerprint density at radius 3 is 2.62 bits per heavy atom. The summed E-state index contributed by atoms with van der Waals surface area (Å²) in [6, 6.07) is 2.41. The standard InChI is InChI=1S/C8H6BrFO3/c9-5-1-4(3-7(12)13)2-6(11)8(5)10/h1-2,11H,3H2,(H,12,13). The average Bonchev–Trinajstić information content (AvgIpc) is 1.98. The minimum absolute atomic E-state index is 0.0590. The van der Waals surface area contributed by atoms with E-state index in [-0.39, 0.29) is 10.9 Å². The lowest BCUT2D eigenvalue weighted by Gasteiger charge is -2.01. The first-order valence-corrected chi connectivity index (χ1v) is 4.18. The molecule has 0 saturated heterocycles. The van der Waals surface area contributed by atoms with Crippen molar-refractivity contribution < 1.29 is 19.4 Å². The summed E-state index contributed by atoms with van der Waals surface area (Å²) in [5.74, 6) is -2.36. The molecule has 1 aromatic carbocycles. The predicted molar refractivity (Wildman–Crippen MR) is 47.1 cm³/mol. The second-order valence-corrected chi connectivity index (χ2v) is 3.34. The number of aliphatic carboxylic acids is 1. The van der Waals surface area contributed by atoms with Crippen molar-refractivity contribution in [3.63, 3.8) is 0 Å². The van der Waals surface area contributed by atoms with Crippen LogP contribution in [0.25, 0.3) is 0 Å². The molecule has 0 fully saturated rings. The van der Waals surface area contributed by atoms with Crippen LogP contribution < -0.4 is 0 Å². The highest BCUT2D eigenvalue weighted by Gasteiger charge is 2.09. The first kappa shape index (κ1) is 9.98. The molecule has 70 valence electrons. The molecule has 2 N–H and O–H groups in total. The Morgan fingerprint density at radius 2 is 2.15 bits per heavy atom. The Labute approximate surface area is 81.9 Å². The highest BCUT2D eigenvalue weighted by atomic mass is 79.9. The van der Waals surface area contributed by atoms with Crippen molar-refractivity contribution in [2.24, 2.45) is 0 Å². The Bertz CT molecular complexity index is 328. The van der Waals surface area contributed by atoms with Crippen LogP contribution in [0.5, 0.6) is 5.75 Å². The van der Waals surface area contributed by atoms with Gasteiger partial charge in [-0.25, -0.2) is 4.39 Å². The molecular weight excluding hydrogens is 243 g/mol. The van der Waals surface area contributed by atoms with Gasteiger partial charge in [0.05, 0.1) is 10.9 Å². The Balaban J connectivity index is 3.06. The highest BCUT2D eigenvalue weighted by Crippen LogP contribution is 2.26. The van der Waals surface area contributed by atoms with Gasteiger partial charge in [-0.05, 0) is 33.6 Å². The smallest absolute Gasteiger partial charge is 0.307 e. The van der Waals surface area contributed by atoms with Crippen LogP contribution in [0.4, 0.5) is 4.39 Å². The van der Waals surface area contributed by atoms with Crippen LogP contribution >= 0.6 is 15.9 Å². The molecular formula is C8H6BrFO3. The third-order valence-corrected chi connectivity index (χ3v) is 2.00. The molecule has 0 spiro atoms. The molecule has 5 heteroatoms. The van der Waals surface area contributed by atoms with Crippen LogP contribution in [-0.2, 0) is 11.2 Å². The maximum absolute atomic E-state index is 12.8. The normalized spacial score (nSPS) is 10.0. The summed E-state index contributed by atoms with van der Waals surface area (Å²) < 4.78 is 12.9. The fraction of sp³-hybridized carbons (Fsp3) is 0.125. The second kappa shape index (κ2) is 3.74. The van der Waals surface area contributed by atoms with Gasteiger partial charge in [0.15, 0.2) is 11.6 Å². The predicted octanol–water partition coefficient (Wildman–Crippen LogP) is 1.92. The SMILES string of the molecule is O=C(O)Cc1cc(O)c(F)c(Br)c1. The van der Waals surface area contributed by atoms with Gasteiger partial charge in [-0.2, -0.15) is 0 Å². The fourth-order valence-corrected chi connectivity index (χ4v) is 1.40. The van der Waals surface area contributed by atoms with Crippen LogP contribution in [-0.4, -0.2) is 16.2 Å². The van der Waals surface area contributed by atoms with Crippen molar-refractivity contribution in [3.8, 4) is 5.75 Å². The number of carbonyl (C=O) groups is 1. The molecule has 0 radical (unpaired) electrons. The van der Waals surface area contributed by atoms with Crippen molar-refractivity contribution in [3.05, 3.63) is 28.0 Å². The summed E-state index contributed by atoms with van der Waals surface area (Å²) in [5, 5.41) is 17.4. The van der Waals surface area contributed by atoms with Gasteiger partial charge >= 0.3 is 5.97 Å². The lowest BCUT2D eigenvalue weighted by atomic mass is 10.1. The maximum Gasteiger partial charge on any atom is 0.307 e. The van der Waals surface area contributed by atoms with Crippen LogP contribution in [0.15, 0.2) is 16.6 Å². The number of halogens is 2. The van der Waals surface area contributed by atoms with Crippen molar-refractivity contribution in [2.45, 2.75) is 6.42 Å². The summed E-state index contributed by atoms with van der Waals surface area (Å²) in [7, 11) is 0. The molecule has 3 nitrogen and oxygen atoms in total. The van der Waals surface area contributed by atoms with E-state index in [0.29, 0.717) is 5.56 Å². The lowest BCUT2D eigenvalue weighted by Crippen LogP contribution is -2.00. The van der Waals surface area contributed by atoms with Gasteiger partial charge in [-0.3, -0.25) is 4.79 Å². The van der Waals surface area contributed by atoms with E-state index in [1.54, 1.807) is 0 Å². The number of phenols is 1. The summed E-state index contributed by atoms with van der Waals surface area (Å²) in [6.07, 6.45) is -0.244. The molecule has 13 heavy (non-hydrogen) atoms. The molecule has 0 bridgehead atoms. The van der Waals surface area contributed by atoms with Gasteiger partial charge < -0.3 is 10.2 Å². The molecule has 0 amide bonds. The number of phenolic OH excluding ortho intramolecular Hbond substituents is 1. The van der Waals surface area contributed by atoms with Gasteiger partial charge in [0.25, 0.3) is 0 Å². The summed E-state index contributed by atoms with van der Waals surface area (Å²) in [6.45, 7) is 0. The lowest BCUT2D eigenvalue weighted by molar-refractivity contribution is -0.136. The number of carboxylic acid groups (broad SMARTS) is 1. The summed E-state index contributed by atoms with van der Waals surface area (Å²) in [5.41, 5.74) is 0.346. The average molecular weight is 249 g/mol. The largest absolute Gasteiger partial charge is 0.505 e. The van der Waals surface area contributed by atoms with Gasteiger partial charge in [0.1, 0.15) is 0 Å². The third-order valence-electron chi connectivity index (χ3n) is 1.42. The molecule has 0 aliphatic rings. The fourth-order valence-electron chi connectivity index (χ4n) is 0.906. The van der Waals surface area contributed by atoms with Gasteiger partial charge in [-0.1, -0.05) is 0 Å². The van der Waals surface area contributed by atoms with E-state index in [2.05, 4.69) is 15.9 Å². The molecule has 0 aliphatic carbocycles. The van der Waals surface area contributed by atoms with E-state index in [1.807, 2.05) is 0 Å². The number of hydrogen-bond acceptors (Lipinski definition) is 2. The summed E-state index contributed by atoms with van der Waals surface area (Å²) in [4.78, 5) is 10.3. The topological polar surface area (TPSA) is 57.5 Å². The zero-order chi connectivity index (χ0) is 10.0. The second-order valence-electron chi connectivity index (χ2n) is 2.48. The van der Waals surface area contributed by atoms with E-state index in [0.717, 1.165) is 6.07 Å². The van der Waals surface area contributed by atoms with E-state index >= 15 is 0 Å². The number of rotatable bonds is 2. The van der Waals surface area contributed by atoms with Crippen LogP contribution in [0.1, 0.15) is 5.56 Å². The number of hydrogen-bond donors (Lipinski definition) is 2. The molecule has 1 aromatic rings. The Kier molecular flexibility index (Phi) is 2.87. The van der Waals surface area contributed by atoms with Crippen LogP contribution in [0.3, 0.4) is 0 Å². The monoisotopic (exact) mass is 248 g/mol. The zero-order valence-corrected chi connectivity index (χ0v) is 8.01. The van der Waals surface area contributed by atoms with Gasteiger partial charge in [0, 0.05) is 0 Å². The first-order chi connectivity index (χ1) is 6.00. The Hall–Kier alpha value is -1.10. The number of aromatic hydroxyl groups is 1. The van der Waals surface area contributed by atoms with Crippen molar-refractivity contribution in [2.75, 3.05) is 0 Å². The summed E-state index contributed by atoms with van der Waals surface area (Å²) >= 11 is 2.86. The molecule has 0 saturated carbocycles. The third kappa shape index (κ3) is 2.42. The van der Waals surface area contributed by atoms with Crippen molar-refractivity contribution >= 4 is 21.9 Å². The molecule has 0 unspecified atom stereocenters. The van der Waals surface area contributed by atoms with Crippen molar-refractivity contribution in [1.29, 1.82) is 0 Å². The molecule has 0 aromatic heterocycles. The van der Waals surface area contributed by atoms with E-state index in [9.17, 15) is 9.18 Å². The van der Waals surface area contributed by atoms with Gasteiger partial charge in [-0.15, -0.1) is 0 Å². The molecule has 1 rings (SSSR count). The van der Waals surface area contributed by atoms with E-state index < -0.39 is 17.5 Å². The number of carboxylic acids is 1. The van der Waals surface area contributed by atoms with Crippen molar-refractivity contribution in [1.82, 2.24) is 0 Å². The van der Waals surface area contributed by atoms with E-state index in [4.69, 9.17) is 10.2 Å². The minimum Gasteiger partial charge on any atom is -0.505 e. The zero-order valence-electron chi connectivity index (χ0n) is 6.42. The quantitative estimate of drug-likeness (QED) is 0.841. The van der Waals surface area contributed by atoms with Gasteiger partial charge in [0.2, 0.25) is 0 Å². The first-order valence-electron chi connectivity index (χ1n) is 3.39. The van der Waals surface area contributed by atoms with Crippen LogP contribution in [0, 0.1) is 5.82 Å². The molecule has 0 heterocycles. The maximum atomic E-state index is 12.8. The van der Waals surface area contributed by atoms with Crippen LogP contribution in [0.2, 0.25) is 0 Å².